The highest BCUT2D eigenvalue weighted by atomic mass is 16.5. The first-order valence-electron chi connectivity index (χ1n) is 9.63. The van der Waals surface area contributed by atoms with Gasteiger partial charge < -0.3 is 15.4 Å². The van der Waals surface area contributed by atoms with Crippen molar-refractivity contribution in [1.82, 2.24) is 10.1 Å². The lowest BCUT2D eigenvalue weighted by molar-refractivity contribution is -0.138. The molecule has 0 aliphatic rings. The maximum absolute atomic E-state index is 10.9. The van der Waals surface area contributed by atoms with Gasteiger partial charge in [-0.25, -0.2) is 0 Å². The molecule has 0 saturated carbocycles. The van der Waals surface area contributed by atoms with Crippen LogP contribution in [0.15, 0.2) is 83.4 Å². The Bertz CT molecular complexity index is 1120. The second-order valence-electron chi connectivity index (χ2n) is 7.13. The van der Waals surface area contributed by atoms with E-state index in [-0.39, 0.29) is 6.42 Å². The zero-order chi connectivity index (χ0) is 20.9. The van der Waals surface area contributed by atoms with E-state index in [2.05, 4.69) is 34.4 Å². The highest BCUT2D eigenvalue weighted by molar-refractivity contribution is 5.73. The quantitative estimate of drug-likeness (QED) is 0.488. The van der Waals surface area contributed by atoms with E-state index >= 15 is 0 Å². The lowest BCUT2D eigenvalue weighted by Crippen LogP contribution is -2.32. The first-order chi connectivity index (χ1) is 14.6. The number of aromatic nitrogens is 2. The topological polar surface area (TPSA) is 102 Å². The molecule has 6 heteroatoms. The SMILES string of the molecule is N[C@@H](Cc1ccc(-c2noc(-c3ccc(Cc4ccccc4)cc3)n2)cc1)C(=O)O. The summed E-state index contributed by atoms with van der Waals surface area (Å²) in [6.07, 6.45) is 1.14. The van der Waals surface area contributed by atoms with E-state index < -0.39 is 12.0 Å². The van der Waals surface area contributed by atoms with E-state index in [0.29, 0.717) is 11.7 Å². The molecule has 0 aliphatic heterocycles. The maximum atomic E-state index is 10.9. The van der Waals surface area contributed by atoms with Gasteiger partial charge in [-0.15, -0.1) is 0 Å². The molecule has 0 unspecified atom stereocenters. The molecule has 6 nitrogen and oxygen atoms in total. The standard InChI is InChI=1S/C24H21N3O3/c25-21(24(28)29)15-18-6-10-19(11-7-18)22-26-23(30-27-22)20-12-8-17(9-13-20)14-16-4-2-1-3-5-16/h1-13,21H,14-15,25H2,(H,28,29)/t21-/m0/s1. The number of aliphatic carboxylic acids is 1. The number of rotatable bonds is 7. The average molecular weight is 399 g/mol. The normalized spacial score (nSPS) is 11.9. The number of carboxylic acids is 1. The number of benzene rings is 3. The fourth-order valence-electron chi connectivity index (χ4n) is 3.19. The van der Waals surface area contributed by atoms with Crippen LogP contribution in [0, 0.1) is 0 Å². The van der Waals surface area contributed by atoms with Crippen molar-refractivity contribution < 1.29 is 14.4 Å². The van der Waals surface area contributed by atoms with Gasteiger partial charge in [0.2, 0.25) is 5.82 Å². The van der Waals surface area contributed by atoms with Crippen LogP contribution in [0.25, 0.3) is 22.8 Å². The van der Waals surface area contributed by atoms with Crippen LogP contribution < -0.4 is 5.73 Å². The molecule has 4 aromatic rings. The summed E-state index contributed by atoms with van der Waals surface area (Å²) in [4.78, 5) is 15.4. The van der Waals surface area contributed by atoms with Crippen molar-refractivity contribution in [1.29, 1.82) is 0 Å². The molecule has 0 radical (unpaired) electrons. The van der Waals surface area contributed by atoms with Gasteiger partial charge in [0.05, 0.1) is 0 Å². The highest BCUT2D eigenvalue weighted by Crippen LogP contribution is 2.23. The molecule has 0 amide bonds. The first-order valence-corrected chi connectivity index (χ1v) is 9.63. The summed E-state index contributed by atoms with van der Waals surface area (Å²) in [6, 6.07) is 24.8. The zero-order valence-electron chi connectivity index (χ0n) is 16.2. The molecule has 3 aromatic carbocycles. The molecule has 4 rings (SSSR count). The van der Waals surface area contributed by atoms with Gasteiger partial charge in [-0.2, -0.15) is 4.98 Å². The summed E-state index contributed by atoms with van der Waals surface area (Å²) in [5.74, 6) is -0.0858. The Morgan fingerprint density at radius 3 is 2.13 bits per heavy atom. The summed E-state index contributed by atoms with van der Waals surface area (Å²) in [6.45, 7) is 0. The minimum atomic E-state index is -1.02. The summed E-state index contributed by atoms with van der Waals surface area (Å²) in [7, 11) is 0. The van der Waals surface area contributed by atoms with Gasteiger partial charge in [-0.3, -0.25) is 4.79 Å². The van der Waals surface area contributed by atoms with E-state index in [1.165, 1.54) is 11.1 Å². The van der Waals surface area contributed by atoms with Gasteiger partial charge in [-0.05, 0) is 41.7 Å². The van der Waals surface area contributed by atoms with Crippen molar-refractivity contribution >= 4 is 5.97 Å². The third kappa shape index (κ3) is 4.61. The van der Waals surface area contributed by atoms with Crippen molar-refractivity contribution in [3.05, 3.63) is 95.6 Å². The van der Waals surface area contributed by atoms with Gasteiger partial charge in [0, 0.05) is 11.1 Å². The molecule has 30 heavy (non-hydrogen) atoms. The predicted molar refractivity (Wildman–Crippen MR) is 114 cm³/mol. The second kappa shape index (κ2) is 8.71. The van der Waals surface area contributed by atoms with Crippen LogP contribution in [0.1, 0.15) is 16.7 Å². The lowest BCUT2D eigenvalue weighted by atomic mass is 10.0. The lowest BCUT2D eigenvalue weighted by Gasteiger charge is -2.06. The summed E-state index contributed by atoms with van der Waals surface area (Å²) in [5, 5.41) is 13.0. The molecule has 150 valence electrons. The Kier molecular flexibility index (Phi) is 5.68. The monoisotopic (exact) mass is 399 g/mol. The van der Waals surface area contributed by atoms with Crippen molar-refractivity contribution in [3.63, 3.8) is 0 Å². The Morgan fingerprint density at radius 1 is 0.867 bits per heavy atom. The van der Waals surface area contributed by atoms with Gasteiger partial charge in [0.25, 0.3) is 5.89 Å². The highest BCUT2D eigenvalue weighted by Gasteiger charge is 2.14. The van der Waals surface area contributed by atoms with Crippen LogP contribution in [-0.4, -0.2) is 27.3 Å². The number of carboxylic acid groups (broad SMARTS) is 1. The van der Waals surface area contributed by atoms with Crippen LogP contribution in [0.2, 0.25) is 0 Å². The average Bonchev–Trinajstić information content (AvgIpc) is 3.26. The van der Waals surface area contributed by atoms with Crippen molar-refractivity contribution in [2.24, 2.45) is 5.73 Å². The molecule has 0 saturated heterocycles. The molecular formula is C24H21N3O3. The molecule has 3 N–H and O–H groups in total. The molecule has 1 heterocycles. The first kappa shape index (κ1) is 19.5. The largest absolute Gasteiger partial charge is 0.480 e. The molecule has 1 aromatic heterocycles. The Labute approximate surface area is 174 Å². The second-order valence-corrected chi connectivity index (χ2v) is 7.13. The third-order valence-electron chi connectivity index (χ3n) is 4.86. The molecular weight excluding hydrogens is 378 g/mol. The Balaban J connectivity index is 1.45. The molecule has 1 atom stereocenters. The van der Waals surface area contributed by atoms with Gasteiger partial charge in [-0.1, -0.05) is 71.9 Å². The van der Waals surface area contributed by atoms with Gasteiger partial charge >= 0.3 is 5.97 Å². The van der Waals surface area contributed by atoms with Crippen molar-refractivity contribution in [2.75, 3.05) is 0 Å². The fraction of sp³-hybridized carbons (Fsp3) is 0.125. The molecule has 0 bridgehead atoms. The maximum Gasteiger partial charge on any atom is 0.320 e. The van der Waals surface area contributed by atoms with Crippen LogP contribution in [0.3, 0.4) is 0 Å². The number of nitrogens with zero attached hydrogens (tertiary/aromatic N) is 2. The fourth-order valence-corrected chi connectivity index (χ4v) is 3.19. The number of carbonyl (C=O) groups is 1. The molecule has 0 spiro atoms. The number of hydrogen-bond acceptors (Lipinski definition) is 5. The van der Waals surface area contributed by atoms with Crippen LogP contribution in [-0.2, 0) is 17.6 Å². The summed E-state index contributed by atoms with van der Waals surface area (Å²) < 4.78 is 5.43. The van der Waals surface area contributed by atoms with Gasteiger partial charge in [0.15, 0.2) is 0 Å². The van der Waals surface area contributed by atoms with Crippen molar-refractivity contribution in [2.45, 2.75) is 18.9 Å². The van der Waals surface area contributed by atoms with E-state index in [9.17, 15) is 4.79 Å². The van der Waals surface area contributed by atoms with Crippen LogP contribution in [0.5, 0.6) is 0 Å². The van der Waals surface area contributed by atoms with Crippen LogP contribution in [0.4, 0.5) is 0 Å². The van der Waals surface area contributed by atoms with E-state index in [4.69, 9.17) is 15.4 Å². The third-order valence-corrected chi connectivity index (χ3v) is 4.86. The zero-order valence-corrected chi connectivity index (χ0v) is 16.2. The Hall–Kier alpha value is -3.77. The molecule has 0 aliphatic carbocycles. The van der Waals surface area contributed by atoms with E-state index in [1.807, 2.05) is 54.6 Å². The minimum Gasteiger partial charge on any atom is -0.480 e. The smallest absolute Gasteiger partial charge is 0.320 e. The molecule has 0 fully saturated rings. The number of nitrogens with two attached hydrogens (primary N) is 1. The predicted octanol–water partition coefficient (Wildman–Crippen LogP) is 3.95. The van der Waals surface area contributed by atoms with Crippen LogP contribution >= 0.6 is 0 Å². The Morgan fingerprint density at radius 2 is 1.47 bits per heavy atom. The van der Waals surface area contributed by atoms with Gasteiger partial charge in [0.1, 0.15) is 6.04 Å². The summed E-state index contributed by atoms with van der Waals surface area (Å²) >= 11 is 0. The summed E-state index contributed by atoms with van der Waals surface area (Å²) in [5.41, 5.74) is 10.5. The van der Waals surface area contributed by atoms with E-state index in [0.717, 1.165) is 23.1 Å². The minimum absolute atomic E-state index is 0.266. The number of hydrogen-bond donors (Lipinski definition) is 2. The van der Waals surface area contributed by atoms with E-state index in [1.54, 1.807) is 0 Å². The van der Waals surface area contributed by atoms with Crippen molar-refractivity contribution in [3.8, 4) is 22.8 Å².